The lowest BCUT2D eigenvalue weighted by Crippen LogP contribution is -2.46. The molecule has 0 spiro atoms. The minimum absolute atomic E-state index is 0.240. The summed E-state index contributed by atoms with van der Waals surface area (Å²) in [5, 5.41) is 14.4. The number of halogens is 1. The number of nitrogens with zero attached hydrogens (tertiary/aromatic N) is 4. The fourth-order valence-electron chi connectivity index (χ4n) is 5.60. The van der Waals surface area contributed by atoms with Gasteiger partial charge in [-0.25, -0.2) is 9.97 Å². The molecule has 1 aliphatic carbocycles. The van der Waals surface area contributed by atoms with E-state index in [2.05, 4.69) is 74.5 Å². The molecule has 2 aromatic carbocycles. The zero-order valence-corrected chi connectivity index (χ0v) is 22.6. The first-order valence-corrected chi connectivity index (χ1v) is 14.0. The Hall–Kier alpha value is -2.97. The Morgan fingerprint density at radius 1 is 1.08 bits per heavy atom. The molecular formula is C30H35ClN6O. The van der Waals surface area contributed by atoms with E-state index in [4.69, 9.17) is 16.6 Å². The molecule has 1 saturated heterocycles. The van der Waals surface area contributed by atoms with Crippen molar-refractivity contribution in [2.24, 2.45) is 0 Å². The average molecular weight is 531 g/mol. The van der Waals surface area contributed by atoms with Crippen molar-refractivity contribution in [3.8, 4) is 11.3 Å². The first-order chi connectivity index (χ1) is 18.6. The van der Waals surface area contributed by atoms with Crippen molar-refractivity contribution in [2.75, 3.05) is 44.6 Å². The third kappa shape index (κ3) is 5.43. The van der Waals surface area contributed by atoms with Crippen molar-refractivity contribution in [2.45, 2.75) is 38.3 Å². The molecule has 2 unspecified atom stereocenters. The molecule has 7 nitrogen and oxygen atoms in total. The standard InChI is InChI=1S/C30H35ClN6O/c1-2-20-6-7-23-25(17-32-27(23)15-20)29-26(31)18-33-30(35-29)34-28-16-24(28)22-5-3-4-21(14-22)19-37-10-8-36(9-11-37)12-13-38/h3-7,14-15,17-18,24,28,32,38H,2,8-13,16,19H2,1H3,(H,33,34,35). The van der Waals surface area contributed by atoms with E-state index in [1.54, 1.807) is 6.20 Å². The topological polar surface area (TPSA) is 80.3 Å². The number of aromatic amines is 1. The molecule has 0 radical (unpaired) electrons. The number of β-amino-alcohol motifs (C(OH)–C–C–N with tert-alkyl or cyclic N) is 1. The molecule has 2 atom stereocenters. The molecule has 198 valence electrons. The SMILES string of the molecule is CCc1ccc2c(-c3nc(NC4CC4c4cccc(CN5CCN(CCO)CC5)c4)ncc3Cl)c[nH]c2c1. The van der Waals surface area contributed by atoms with Crippen molar-refractivity contribution in [1.29, 1.82) is 0 Å². The van der Waals surface area contributed by atoms with Gasteiger partial charge in [0.05, 0.1) is 23.5 Å². The van der Waals surface area contributed by atoms with Gasteiger partial charge in [0.15, 0.2) is 0 Å². The van der Waals surface area contributed by atoms with Crippen LogP contribution in [0.15, 0.2) is 54.9 Å². The molecule has 2 fully saturated rings. The quantitative estimate of drug-likeness (QED) is 0.285. The number of aryl methyl sites for hydroxylation is 1. The zero-order valence-electron chi connectivity index (χ0n) is 21.8. The Morgan fingerprint density at radius 3 is 2.74 bits per heavy atom. The number of rotatable bonds is 9. The van der Waals surface area contributed by atoms with E-state index >= 15 is 0 Å². The maximum atomic E-state index is 9.17. The van der Waals surface area contributed by atoms with E-state index < -0.39 is 0 Å². The van der Waals surface area contributed by atoms with Crippen LogP contribution in [-0.2, 0) is 13.0 Å². The highest BCUT2D eigenvalue weighted by atomic mass is 35.5. The minimum Gasteiger partial charge on any atom is -0.395 e. The van der Waals surface area contributed by atoms with Gasteiger partial charge in [0.25, 0.3) is 0 Å². The lowest BCUT2D eigenvalue weighted by atomic mass is 10.1. The van der Waals surface area contributed by atoms with Crippen molar-refractivity contribution in [3.63, 3.8) is 0 Å². The predicted molar refractivity (Wildman–Crippen MR) is 154 cm³/mol. The van der Waals surface area contributed by atoms with Crippen molar-refractivity contribution in [1.82, 2.24) is 24.8 Å². The van der Waals surface area contributed by atoms with E-state index in [9.17, 15) is 5.11 Å². The van der Waals surface area contributed by atoms with E-state index in [0.717, 1.165) is 74.3 Å². The van der Waals surface area contributed by atoms with Gasteiger partial charge in [-0.1, -0.05) is 54.9 Å². The number of aromatic nitrogens is 3. The molecule has 38 heavy (non-hydrogen) atoms. The third-order valence-electron chi connectivity index (χ3n) is 7.93. The van der Waals surface area contributed by atoms with Crippen LogP contribution < -0.4 is 5.32 Å². The Labute approximate surface area is 228 Å². The van der Waals surface area contributed by atoms with Gasteiger partial charge in [-0.15, -0.1) is 0 Å². The summed E-state index contributed by atoms with van der Waals surface area (Å²) in [6.07, 6.45) is 5.75. The highest BCUT2D eigenvalue weighted by molar-refractivity contribution is 6.33. The largest absolute Gasteiger partial charge is 0.395 e. The molecule has 2 aromatic heterocycles. The van der Waals surface area contributed by atoms with Crippen LogP contribution in [0.3, 0.4) is 0 Å². The summed E-state index contributed by atoms with van der Waals surface area (Å²) in [6.45, 7) is 8.29. The molecule has 0 bridgehead atoms. The lowest BCUT2D eigenvalue weighted by molar-refractivity contribution is 0.108. The molecule has 1 saturated carbocycles. The van der Waals surface area contributed by atoms with Crippen molar-refractivity contribution < 1.29 is 5.11 Å². The van der Waals surface area contributed by atoms with Crippen LogP contribution in [-0.4, -0.2) is 75.2 Å². The molecule has 2 aliphatic rings. The maximum absolute atomic E-state index is 9.17. The number of hydrogen-bond acceptors (Lipinski definition) is 6. The Bertz CT molecular complexity index is 1410. The van der Waals surface area contributed by atoms with Crippen molar-refractivity contribution >= 4 is 28.5 Å². The number of anilines is 1. The molecule has 3 N–H and O–H groups in total. The highest BCUT2D eigenvalue weighted by Crippen LogP contribution is 2.43. The van der Waals surface area contributed by atoms with Gasteiger partial charge >= 0.3 is 0 Å². The number of nitrogens with one attached hydrogen (secondary N) is 2. The first kappa shape index (κ1) is 25.3. The smallest absolute Gasteiger partial charge is 0.223 e. The fraction of sp³-hybridized carbons (Fsp3) is 0.400. The number of hydrogen-bond donors (Lipinski definition) is 3. The Kier molecular flexibility index (Phi) is 7.34. The summed E-state index contributed by atoms with van der Waals surface area (Å²) >= 11 is 6.56. The van der Waals surface area contributed by atoms with Crippen LogP contribution in [0.5, 0.6) is 0 Å². The lowest BCUT2D eigenvalue weighted by Gasteiger charge is -2.34. The summed E-state index contributed by atoms with van der Waals surface area (Å²) < 4.78 is 0. The molecule has 4 aromatic rings. The summed E-state index contributed by atoms with van der Waals surface area (Å²) in [5.74, 6) is 1.08. The fourth-order valence-corrected chi connectivity index (χ4v) is 5.79. The van der Waals surface area contributed by atoms with Gasteiger partial charge in [0.2, 0.25) is 5.95 Å². The molecular weight excluding hydrogens is 496 g/mol. The minimum atomic E-state index is 0.240. The van der Waals surface area contributed by atoms with Gasteiger partial charge in [-0.3, -0.25) is 9.80 Å². The van der Waals surface area contributed by atoms with E-state index in [1.165, 1.54) is 16.7 Å². The van der Waals surface area contributed by atoms with E-state index in [-0.39, 0.29) is 6.61 Å². The van der Waals surface area contributed by atoms with Gasteiger partial charge in [-0.05, 0) is 35.6 Å². The predicted octanol–water partition coefficient (Wildman–Crippen LogP) is 4.92. The van der Waals surface area contributed by atoms with Crippen LogP contribution in [0.25, 0.3) is 22.2 Å². The van der Waals surface area contributed by atoms with Crippen molar-refractivity contribution in [3.05, 3.63) is 76.6 Å². The molecule has 8 heteroatoms. The number of aliphatic hydroxyl groups is 1. The maximum Gasteiger partial charge on any atom is 0.223 e. The van der Waals surface area contributed by atoms with Gasteiger partial charge < -0.3 is 15.4 Å². The number of H-pyrrole nitrogens is 1. The average Bonchev–Trinajstić information content (AvgIpc) is 3.58. The van der Waals surface area contributed by atoms with Crippen LogP contribution in [0.4, 0.5) is 5.95 Å². The Morgan fingerprint density at radius 2 is 1.92 bits per heavy atom. The molecule has 1 aliphatic heterocycles. The van der Waals surface area contributed by atoms with Crippen LogP contribution in [0.1, 0.15) is 36.0 Å². The van der Waals surface area contributed by atoms with Crippen LogP contribution in [0, 0.1) is 0 Å². The summed E-state index contributed by atoms with van der Waals surface area (Å²) in [5.41, 5.74) is 6.87. The second-order valence-electron chi connectivity index (χ2n) is 10.5. The highest BCUT2D eigenvalue weighted by Gasteiger charge is 2.39. The third-order valence-corrected chi connectivity index (χ3v) is 8.20. The normalized spacial score (nSPS) is 20.2. The van der Waals surface area contributed by atoms with Crippen LogP contribution >= 0.6 is 11.6 Å². The summed E-state index contributed by atoms with van der Waals surface area (Å²) in [6, 6.07) is 15.8. The van der Waals surface area contributed by atoms with Gasteiger partial charge in [0, 0.05) is 73.9 Å². The van der Waals surface area contributed by atoms with Crippen LogP contribution in [0.2, 0.25) is 5.02 Å². The van der Waals surface area contributed by atoms with E-state index in [1.807, 2.05) is 6.20 Å². The molecule has 6 rings (SSSR count). The molecule has 3 heterocycles. The van der Waals surface area contributed by atoms with Gasteiger partial charge in [0.1, 0.15) is 0 Å². The number of fused-ring (bicyclic) bond motifs is 1. The number of piperazine rings is 1. The second kappa shape index (κ2) is 11.0. The van der Waals surface area contributed by atoms with Gasteiger partial charge in [-0.2, -0.15) is 0 Å². The monoisotopic (exact) mass is 530 g/mol. The summed E-state index contributed by atoms with van der Waals surface area (Å²) in [4.78, 5) is 17.5. The number of aliphatic hydroxyl groups excluding tert-OH is 1. The zero-order chi connectivity index (χ0) is 26.1. The Balaban J connectivity index is 1.11. The first-order valence-electron chi connectivity index (χ1n) is 13.6. The summed E-state index contributed by atoms with van der Waals surface area (Å²) in [7, 11) is 0. The second-order valence-corrected chi connectivity index (χ2v) is 10.9. The molecule has 0 amide bonds. The number of benzene rings is 2. The van der Waals surface area contributed by atoms with E-state index in [0.29, 0.717) is 22.9 Å².